The Bertz CT molecular complexity index is 352. The molecule has 2 rings (SSSR count). The zero-order valence-corrected chi connectivity index (χ0v) is 6.81. The monoisotopic (exact) mass is 162 g/mol. The number of nitrogens with zero attached hydrogens (tertiary/aromatic N) is 3. The van der Waals surface area contributed by atoms with Crippen molar-refractivity contribution in [3.63, 3.8) is 0 Å². The highest BCUT2D eigenvalue weighted by molar-refractivity contribution is 5.52. The number of nitrogen functional groups attached to an aromatic ring is 1. The van der Waals surface area contributed by atoms with Crippen molar-refractivity contribution in [2.75, 3.05) is 5.73 Å². The van der Waals surface area contributed by atoms with E-state index >= 15 is 0 Å². The molecule has 2 N–H and O–H groups in total. The van der Waals surface area contributed by atoms with Gasteiger partial charge in [-0.05, 0) is 12.1 Å². The van der Waals surface area contributed by atoms with Crippen LogP contribution in [-0.4, -0.2) is 14.3 Å². The summed E-state index contributed by atoms with van der Waals surface area (Å²) < 4.78 is 3.68. The van der Waals surface area contributed by atoms with Gasteiger partial charge >= 0.3 is 0 Å². The maximum atomic E-state index is 5.73. The minimum absolute atomic E-state index is 0.689. The van der Waals surface area contributed by atoms with Gasteiger partial charge in [0.25, 0.3) is 0 Å². The zero-order valence-electron chi connectivity index (χ0n) is 6.81. The van der Waals surface area contributed by atoms with Gasteiger partial charge in [0.2, 0.25) is 0 Å². The molecule has 0 aliphatic rings. The first-order valence-corrected chi connectivity index (χ1v) is 3.70. The Morgan fingerprint density at radius 2 is 2.00 bits per heavy atom. The van der Waals surface area contributed by atoms with Gasteiger partial charge in [-0.15, -0.1) is 0 Å². The third-order valence-corrected chi connectivity index (χ3v) is 1.78. The van der Waals surface area contributed by atoms with E-state index < -0.39 is 0 Å². The molecule has 0 fully saturated rings. The van der Waals surface area contributed by atoms with E-state index in [0.717, 1.165) is 5.82 Å². The number of aromatic nitrogens is 3. The lowest BCUT2D eigenvalue weighted by molar-refractivity contribution is 0.731. The summed E-state index contributed by atoms with van der Waals surface area (Å²) in [5.41, 5.74) is 6.42. The minimum atomic E-state index is 0.689. The van der Waals surface area contributed by atoms with Gasteiger partial charge in [-0.25, -0.2) is 0 Å². The number of aryl methyl sites for hydroxylation is 1. The highest BCUT2D eigenvalue weighted by Gasteiger charge is 2.04. The molecule has 12 heavy (non-hydrogen) atoms. The average molecular weight is 162 g/mol. The summed E-state index contributed by atoms with van der Waals surface area (Å²) in [7, 11) is 1.87. The molecule has 0 aliphatic heterocycles. The minimum Gasteiger partial charge on any atom is -0.394 e. The van der Waals surface area contributed by atoms with Gasteiger partial charge in [0, 0.05) is 19.4 Å². The summed E-state index contributed by atoms with van der Waals surface area (Å²) in [6, 6.07) is 3.90. The number of nitrogens with two attached hydrogens (primary N) is 1. The third-order valence-electron chi connectivity index (χ3n) is 1.78. The van der Waals surface area contributed by atoms with Crippen LogP contribution in [0.5, 0.6) is 0 Å². The predicted octanol–water partition coefficient (Wildman–Crippen LogP) is 0.793. The molecule has 0 spiro atoms. The van der Waals surface area contributed by atoms with Crippen LogP contribution in [0.1, 0.15) is 0 Å². The summed E-state index contributed by atoms with van der Waals surface area (Å²) >= 11 is 0. The molecule has 62 valence electrons. The summed E-state index contributed by atoms with van der Waals surface area (Å²) in [5, 5.41) is 4.04. The molecule has 2 heterocycles. The molecule has 0 bridgehead atoms. The molecule has 0 saturated carbocycles. The van der Waals surface area contributed by atoms with Gasteiger partial charge in [-0.3, -0.25) is 4.68 Å². The van der Waals surface area contributed by atoms with Crippen molar-refractivity contribution in [1.29, 1.82) is 0 Å². The molecule has 0 saturated heterocycles. The lowest BCUT2D eigenvalue weighted by atomic mass is 10.5. The van der Waals surface area contributed by atoms with Crippen LogP contribution in [-0.2, 0) is 7.05 Å². The van der Waals surface area contributed by atoms with E-state index in [4.69, 9.17) is 5.73 Å². The van der Waals surface area contributed by atoms with Crippen LogP contribution in [0.15, 0.2) is 30.7 Å². The zero-order chi connectivity index (χ0) is 8.55. The quantitative estimate of drug-likeness (QED) is 0.674. The van der Waals surface area contributed by atoms with Crippen molar-refractivity contribution < 1.29 is 0 Å². The van der Waals surface area contributed by atoms with Crippen LogP contribution < -0.4 is 5.73 Å². The highest BCUT2D eigenvalue weighted by atomic mass is 15.3. The molecule has 0 aromatic carbocycles. The number of rotatable bonds is 1. The highest BCUT2D eigenvalue weighted by Crippen LogP contribution is 2.14. The van der Waals surface area contributed by atoms with Gasteiger partial charge in [0.1, 0.15) is 0 Å². The molecule has 0 aliphatic carbocycles. The van der Waals surface area contributed by atoms with Crippen LogP contribution in [0.25, 0.3) is 5.82 Å². The Balaban J connectivity index is 2.60. The molecule has 0 unspecified atom stereocenters. The predicted molar refractivity (Wildman–Crippen MR) is 46.9 cm³/mol. The van der Waals surface area contributed by atoms with E-state index in [9.17, 15) is 0 Å². The molecule has 2 aromatic heterocycles. The first-order valence-electron chi connectivity index (χ1n) is 3.70. The van der Waals surface area contributed by atoms with Crippen LogP contribution in [0.3, 0.4) is 0 Å². The van der Waals surface area contributed by atoms with Crippen molar-refractivity contribution >= 4 is 5.69 Å². The molecular formula is C8H10N4. The maximum absolute atomic E-state index is 5.73. The van der Waals surface area contributed by atoms with Crippen LogP contribution in [0.4, 0.5) is 5.69 Å². The number of anilines is 1. The molecular weight excluding hydrogens is 152 g/mol. The second-order valence-corrected chi connectivity index (χ2v) is 2.64. The Morgan fingerprint density at radius 1 is 1.33 bits per heavy atom. The Labute approximate surface area is 70.2 Å². The summed E-state index contributed by atoms with van der Waals surface area (Å²) in [5.74, 6) is 0.903. The molecule has 2 aromatic rings. The fraction of sp³-hybridized carbons (Fsp3) is 0.125. The van der Waals surface area contributed by atoms with E-state index in [2.05, 4.69) is 5.10 Å². The second kappa shape index (κ2) is 2.41. The van der Waals surface area contributed by atoms with Gasteiger partial charge in [-0.2, -0.15) is 5.10 Å². The van der Waals surface area contributed by atoms with Gasteiger partial charge in [0.05, 0.1) is 11.9 Å². The van der Waals surface area contributed by atoms with Crippen molar-refractivity contribution in [3.05, 3.63) is 30.7 Å². The largest absolute Gasteiger partial charge is 0.394 e. The summed E-state index contributed by atoms with van der Waals surface area (Å²) in [6.45, 7) is 0. The SMILES string of the molecule is Cn1ncc(N)c1-n1cccc1. The van der Waals surface area contributed by atoms with E-state index in [-0.39, 0.29) is 0 Å². The Kier molecular flexibility index (Phi) is 1.40. The van der Waals surface area contributed by atoms with E-state index in [1.54, 1.807) is 10.9 Å². The molecule has 0 radical (unpaired) electrons. The average Bonchev–Trinajstić information content (AvgIpc) is 2.61. The van der Waals surface area contributed by atoms with Crippen molar-refractivity contribution in [2.24, 2.45) is 7.05 Å². The standard InChI is InChI=1S/C8H10N4/c1-11-8(7(9)6-10-11)12-4-2-3-5-12/h2-6H,9H2,1H3. The van der Waals surface area contributed by atoms with Crippen LogP contribution in [0.2, 0.25) is 0 Å². The number of hydrogen-bond donors (Lipinski definition) is 1. The lowest BCUT2D eigenvalue weighted by Gasteiger charge is -2.03. The van der Waals surface area contributed by atoms with Crippen molar-refractivity contribution in [2.45, 2.75) is 0 Å². The Morgan fingerprint density at radius 3 is 2.50 bits per heavy atom. The normalized spacial score (nSPS) is 10.4. The van der Waals surface area contributed by atoms with Gasteiger partial charge < -0.3 is 10.3 Å². The van der Waals surface area contributed by atoms with Gasteiger partial charge in [-0.1, -0.05) is 0 Å². The maximum Gasteiger partial charge on any atom is 0.158 e. The fourth-order valence-electron chi connectivity index (χ4n) is 1.24. The molecule has 4 nitrogen and oxygen atoms in total. The van der Waals surface area contributed by atoms with Crippen LogP contribution in [0, 0.1) is 0 Å². The topological polar surface area (TPSA) is 48.8 Å². The summed E-state index contributed by atoms with van der Waals surface area (Å²) in [4.78, 5) is 0. The van der Waals surface area contributed by atoms with Crippen molar-refractivity contribution in [3.8, 4) is 5.82 Å². The van der Waals surface area contributed by atoms with Crippen LogP contribution >= 0.6 is 0 Å². The first-order chi connectivity index (χ1) is 5.79. The second-order valence-electron chi connectivity index (χ2n) is 2.64. The summed E-state index contributed by atoms with van der Waals surface area (Å²) in [6.07, 6.45) is 5.52. The van der Waals surface area contributed by atoms with E-state index in [1.807, 2.05) is 36.1 Å². The fourth-order valence-corrected chi connectivity index (χ4v) is 1.24. The van der Waals surface area contributed by atoms with Crippen molar-refractivity contribution in [1.82, 2.24) is 14.3 Å². The molecule has 0 atom stereocenters. The number of hydrogen-bond acceptors (Lipinski definition) is 2. The Hall–Kier alpha value is -1.71. The molecule has 4 heteroatoms. The first kappa shape index (κ1) is 6.97. The van der Waals surface area contributed by atoms with E-state index in [1.165, 1.54) is 0 Å². The van der Waals surface area contributed by atoms with Gasteiger partial charge in [0.15, 0.2) is 5.82 Å². The lowest BCUT2D eigenvalue weighted by Crippen LogP contribution is -2.02. The smallest absolute Gasteiger partial charge is 0.158 e. The third kappa shape index (κ3) is 0.887. The van der Waals surface area contributed by atoms with E-state index in [0.29, 0.717) is 5.69 Å². The molecule has 0 amide bonds.